The summed E-state index contributed by atoms with van der Waals surface area (Å²) in [5.41, 5.74) is 2.18. The van der Waals surface area contributed by atoms with Crippen LogP contribution in [0.25, 0.3) is 0 Å². The molecule has 1 aromatic rings. The van der Waals surface area contributed by atoms with Crippen molar-refractivity contribution in [3.63, 3.8) is 0 Å². The Labute approximate surface area is 134 Å². The lowest BCUT2D eigenvalue weighted by Gasteiger charge is -2.27. The predicted octanol–water partition coefficient (Wildman–Crippen LogP) is 1.38. The molecule has 4 N–H and O–H groups in total. The summed E-state index contributed by atoms with van der Waals surface area (Å²) in [6.45, 7) is -0.0369. The smallest absolute Gasteiger partial charge is 0.258 e. The van der Waals surface area contributed by atoms with Crippen LogP contribution in [0.15, 0.2) is 24.3 Å². The van der Waals surface area contributed by atoms with Crippen LogP contribution in [0, 0.1) is 5.92 Å². The highest BCUT2D eigenvalue weighted by Gasteiger charge is 2.26. The van der Waals surface area contributed by atoms with Crippen LogP contribution in [0.1, 0.15) is 25.7 Å². The van der Waals surface area contributed by atoms with Gasteiger partial charge in [-0.2, -0.15) is 0 Å². The molecular weight excluding hydrogens is 306 g/mol. The second-order valence-corrected chi connectivity index (χ2v) is 5.80. The summed E-state index contributed by atoms with van der Waals surface area (Å²) < 4.78 is 5.39. The van der Waals surface area contributed by atoms with Gasteiger partial charge < -0.3 is 10.1 Å². The summed E-state index contributed by atoms with van der Waals surface area (Å²) >= 11 is 5.78. The number of rotatable bonds is 5. The number of hydrogen-bond acceptors (Lipinski definition) is 4. The molecule has 1 aliphatic rings. The van der Waals surface area contributed by atoms with Crippen molar-refractivity contribution >= 4 is 23.4 Å². The van der Waals surface area contributed by atoms with E-state index in [1.54, 1.807) is 24.3 Å². The molecule has 2 rings (SSSR count). The lowest BCUT2D eigenvalue weighted by Crippen LogP contribution is -2.43. The van der Waals surface area contributed by atoms with E-state index in [1.807, 2.05) is 0 Å². The lowest BCUT2D eigenvalue weighted by atomic mass is 9.85. The SMILES string of the molecule is NNC(=O)C1CCC(NC(=O)COc2ccc(Cl)cc2)CC1. The van der Waals surface area contributed by atoms with Crippen molar-refractivity contribution in [3.05, 3.63) is 29.3 Å². The van der Waals surface area contributed by atoms with Crippen molar-refractivity contribution < 1.29 is 14.3 Å². The van der Waals surface area contributed by atoms with Gasteiger partial charge in [0.1, 0.15) is 5.75 Å². The molecule has 6 nitrogen and oxygen atoms in total. The van der Waals surface area contributed by atoms with Crippen molar-refractivity contribution in [2.24, 2.45) is 11.8 Å². The van der Waals surface area contributed by atoms with E-state index in [-0.39, 0.29) is 30.4 Å². The van der Waals surface area contributed by atoms with E-state index in [2.05, 4.69) is 10.7 Å². The normalized spacial score (nSPS) is 21.0. The minimum absolute atomic E-state index is 0.0369. The Morgan fingerprint density at radius 1 is 1.18 bits per heavy atom. The highest BCUT2D eigenvalue weighted by Crippen LogP contribution is 2.24. The van der Waals surface area contributed by atoms with Crippen LogP contribution in [-0.2, 0) is 9.59 Å². The first-order chi connectivity index (χ1) is 10.6. The van der Waals surface area contributed by atoms with E-state index in [9.17, 15) is 9.59 Å². The average molecular weight is 326 g/mol. The molecule has 7 heteroatoms. The van der Waals surface area contributed by atoms with Crippen LogP contribution < -0.4 is 21.3 Å². The van der Waals surface area contributed by atoms with Crippen molar-refractivity contribution in [1.29, 1.82) is 0 Å². The molecule has 0 heterocycles. The van der Waals surface area contributed by atoms with Gasteiger partial charge in [-0.1, -0.05) is 11.6 Å². The van der Waals surface area contributed by atoms with Gasteiger partial charge in [0.2, 0.25) is 5.91 Å². The zero-order chi connectivity index (χ0) is 15.9. The van der Waals surface area contributed by atoms with Gasteiger partial charge in [0, 0.05) is 17.0 Å². The number of halogens is 1. The van der Waals surface area contributed by atoms with Crippen LogP contribution in [0.3, 0.4) is 0 Å². The van der Waals surface area contributed by atoms with Gasteiger partial charge >= 0.3 is 0 Å². The molecule has 0 spiro atoms. The molecule has 120 valence electrons. The number of carbonyl (C=O) groups is 2. The average Bonchev–Trinajstić information content (AvgIpc) is 2.54. The lowest BCUT2D eigenvalue weighted by molar-refractivity contribution is -0.126. The topological polar surface area (TPSA) is 93.5 Å². The summed E-state index contributed by atoms with van der Waals surface area (Å²) in [5, 5.41) is 3.55. The van der Waals surface area contributed by atoms with E-state index < -0.39 is 0 Å². The monoisotopic (exact) mass is 325 g/mol. The number of hydrogen-bond donors (Lipinski definition) is 3. The predicted molar refractivity (Wildman–Crippen MR) is 83.2 cm³/mol. The third-order valence-electron chi connectivity index (χ3n) is 3.79. The Kier molecular flexibility index (Phi) is 6.03. The molecule has 0 bridgehead atoms. The molecule has 0 atom stereocenters. The van der Waals surface area contributed by atoms with Crippen LogP contribution in [-0.4, -0.2) is 24.5 Å². The maximum atomic E-state index is 11.9. The summed E-state index contributed by atoms with van der Waals surface area (Å²) in [7, 11) is 0. The van der Waals surface area contributed by atoms with Crippen LogP contribution in [0.5, 0.6) is 5.75 Å². The Morgan fingerprint density at radius 2 is 1.82 bits per heavy atom. The molecule has 0 unspecified atom stereocenters. The Bertz CT molecular complexity index is 513. The van der Waals surface area contributed by atoms with Crippen molar-refractivity contribution in [2.75, 3.05) is 6.61 Å². The quantitative estimate of drug-likeness (QED) is 0.433. The van der Waals surface area contributed by atoms with Crippen LogP contribution >= 0.6 is 11.6 Å². The van der Waals surface area contributed by atoms with Gasteiger partial charge in [0.15, 0.2) is 6.61 Å². The van der Waals surface area contributed by atoms with Crippen molar-refractivity contribution in [2.45, 2.75) is 31.7 Å². The number of benzene rings is 1. The maximum Gasteiger partial charge on any atom is 0.258 e. The van der Waals surface area contributed by atoms with Gasteiger partial charge in [-0.25, -0.2) is 5.84 Å². The second-order valence-electron chi connectivity index (χ2n) is 5.37. The molecule has 0 aromatic heterocycles. The molecule has 2 amide bonds. The number of carbonyl (C=O) groups excluding carboxylic acids is 2. The third-order valence-corrected chi connectivity index (χ3v) is 4.04. The summed E-state index contributed by atoms with van der Waals surface area (Å²) in [4.78, 5) is 23.3. The molecule has 1 fully saturated rings. The van der Waals surface area contributed by atoms with Gasteiger partial charge in [-0.15, -0.1) is 0 Å². The van der Waals surface area contributed by atoms with Gasteiger partial charge in [-0.05, 0) is 49.9 Å². The van der Waals surface area contributed by atoms with Gasteiger partial charge in [0.25, 0.3) is 5.91 Å². The fraction of sp³-hybridized carbons (Fsp3) is 0.467. The third kappa shape index (κ3) is 4.89. The molecule has 1 aromatic carbocycles. The Morgan fingerprint density at radius 3 is 2.41 bits per heavy atom. The summed E-state index contributed by atoms with van der Waals surface area (Å²) in [5.74, 6) is 5.38. The van der Waals surface area contributed by atoms with Gasteiger partial charge in [-0.3, -0.25) is 15.0 Å². The minimum Gasteiger partial charge on any atom is -0.484 e. The van der Waals surface area contributed by atoms with E-state index >= 15 is 0 Å². The number of amides is 2. The molecule has 0 radical (unpaired) electrons. The number of hydrazine groups is 1. The van der Waals surface area contributed by atoms with E-state index in [0.717, 1.165) is 25.7 Å². The standard InChI is InChI=1S/C15H20ClN3O3/c16-11-3-7-13(8-4-11)22-9-14(20)18-12-5-1-10(2-6-12)15(21)19-17/h3-4,7-8,10,12H,1-2,5-6,9,17H2,(H,18,20)(H,19,21). The molecule has 1 aliphatic carbocycles. The molecular formula is C15H20ClN3O3. The highest BCUT2D eigenvalue weighted by molar-refractivity contribution is 6.30. The minimum atomic E-state index is -0.165. The Hall–Kier alpha value is -1.79. The highest BCUT2D eigenvalue weighted by atomic mass is 35.5. The molecule has 22 heavy (non-hydrogen) atoms. The fourth-order valence-corrected chi connectivity index (χ4v) is 2.69. The van der Waals surface area contributed by atoms with E-state index in [1.165, 1.54) is 0 Å². The van der Waals surface area contributed by atoms with E-state index in [0.29, 0.717) is 10.8 Å². The summed E-state index contributed by atoms with van der Waals surface area (Å²) in [6.07, 6.45) is 2.99. The van der Waals surface area contributed by atoms with Gasteiger partial charge in [0.05, 0.1) is 0 Å². The molecule has 0 aliphatic heterocycles. The fourth-order valence-electron chi connectivity index (χ4n) is 2.57. The number of nitrogens with one attached hydrogen (secondary N) is 2. The summed E-state index contributed by atoms with van der Waals surface area (Å²) in [6, 6.07) is 6.93. The molecule has 0 saturated heterocycles. The first kappa shape index (κ1) is 16.6. The Balaban J connectivity index is 1.69. The number of ether oxygens (including phenoxy) is 1. The van der Waals surface area contributed by atoms with Crippen molar-refractivity contribution in [1.82, 2.24) is 10.7 Å². The molecule has 1 saturated carbocycles. The zero-order valence-corrected chi connectivity index (χ0v) is 12.9. The first-order valence-electron chi connectivity index (χ1n) is 7.26. The zero-order valence-electron chi connectivity index (χ0n) is 12.2. The van der Waals surface area contributed by atoms with Crippen LogP contribution in [0.4, 0.5) is 0 Å². The van der Waals surface area contributed by atoms with E-state index in [4.69, 9.17) is 22.2 Å². The largest absolute Gasteiger partial charge is 0.484 e. The maximum absolute atomic E-state index is 11.9. The first-order valence-corrected chi connectivity index (χ1v) is 7.64. The van der Waals surface area contributed by atoms with Crippen LogP contribution in [0.2, 0.25) is 5.02 Å². The second kappa shape index (κ2) is 8.00. The van der Waals surface area contributed by atoms with Crippen molar-refractivity contribution in [3.8, 4) is 5.75 Å². The number of nitrogens with two attached hydrogens (primary N) is 1.